The quantitative estimate of drug-likeness (QED) is 0.364. The van der Waals surface area contributed by atoms with Gasteiger partial charge in [-0.3, -0.25) is 4.79 Å². The van der Waals surface area contributed by atoms with Gasteiger partial charge in [-0.05, 0) is 66.3 Å². The monoisotopic (exact) mass is 502 g/mol. The summed E-state index contributed by atoms with van der Waals surface area (Å²) < 4.78 is 12.1. The summed E-state index contributed by atoms with van der Waals surface area (Å²) in [7, 11) is 0. The largest absolute Gasteiger partial charge is 0.490 e. The van der Waals surface area contributed by atoms with Crippen molar-refractivity contribution in [1.29, 1.82) is 0 Å². The van der Waals surface area contributed by atoms with Gasteiger partial charge >= 0.3 is 0 Å². The highest BCUT2D eigenvalue weighted by Crippen LogP contribution is 2.46. The zero-order valence-electron chi connectivity index (χ0n) is 20.9. The lowest BCUT2D eigenvalue weighted by Gasteiger charge is -2.34. The molecule has 2 aliphatic rings. The third-order valence-electron chi connectivity index (χ3n) is 6.63. The second-order valence-electron chi connectivity index (χ2n) is 10.1. The van der Waals surface area contributed by atoms with Crippen molar-refractivity contribution in [2.75, 3.05) is 17.2 Å². The van der Waals surface area contributed by atoms with E-state index < -0.39 is 0 Å². The molecule has 2 N–H and O–H groups in total. The van der Waals surface area contributed by atoms with Crippen LogP contribution in [-0.2, 0) is 11.4 Å². The van der Waals surface area contributed by atoms with Gasteiger partial charge in [0.2, 0.25) is 0 Å². The second kappa shape index (κ2) is 9.90. The van der Waals surface area contributed by atoms with Gasteiger partial charge in [-0.1, -0.05) is 55.8 Å². The van der Waals surface area contributed by atoms with E-state index in [4.69, 9.17) is 21.1 Å². The third-order valence-corrected chi connectivity index (χ3v) is 6.88. The normalized spacial score (nSPS) is 18.3. The van der Waals surface area contributed by atoms with Gasteiger partial charge in [-0.15, -0.1) is 0 Å². The average molecular weight is 503 g/mol. The summed E-state index contributed by atoms with van der Waals surface area (Å²) in [5.74, 6) is 1.48. The lowest BCUT2D eigenvalue weighted by Crippen LogP contribution is -2.31. The number of benzene rings is 3. The van der Waals surface area contributed by atoms with E-state index in [1.807, 2.05) is 73.7 Å². The number of rotatable bonds is 6. The Morgan fingerprint density at radius 3 is 2.44 bits per heavy atom. The molecule has 5 nitrogen and oxygen atoms in total. The Morgan fingerprint density at radius 1 is 0.944 bits per heavy atom. The number of hydrogen-bond donors (Lipinski definition) is 2. The van der Waals surface area contributed by atoms with Crippen LogP contribution in [0.25, 0.3) is 0 Å². The molecule has 0 spiro atoms. The minimum absolute atomic E-state index is 0.0946. The lowest BCUT2D eigenvalue weighted by atomic mass is 9.73. The zero-order chi connectivity index (χ0) is 25.3. The van der Waals surface area contributed by atoms with Crippen molar-refractivity contribution in [3.63, 3.8) is 0 Å². The number of Topliss-reactive ketones (excluding diaryl/α,β-unsaturated/α-hetero) is 1. The van der Waals surface area contributed by atoms with Gasteiger partial charge < -0.3 is 20.1 Å². The second-order valence-corrected chi connectivity index (χ2v) is 10.6. The van der Waals surface area contributed by atoms with Crippen molar-refractivity contribution in [3.8, 4) is 11.5 Å². The van der Waals surface area contributed by atoms with Crippen molar-refractivity contribution in [2.45, 2.75) is 46.3 Å². The summed E-state index contributed by atoms with van der Waals surface area (Å²) in [5.41, 5.74) is 5.60. The number of ether oxygens (including phenoxy) is 2. The lowest BCUT2D eigenvalue weighted by molar-refractivity contribution is -0.118. The van der Waals surface area contributed by atoms with E-state index >= 15 is 0 Å². The Balaban J connectivity index is 1.51. The number of allylic oxidation sites excluding steroid dienone is 1. The van der Waals surface area contributed by atoms with Gasteiger partial charge in [-0.2, -0.15) is 0 Å². The Morgan fingerprint density at radius 2 is 1.69 bits per heavy atom. The molecule has 0 bridgehead atoms. The zero-order valence-corrected chi connectivity index (χ0v) is 21.6. The minimum Gasteiger partial charge on any atom is -0.490 e. The van der Waals surface area contributed by atoms with E-state index in [2.05, 4.69) is 24.5 Å². The molecule has 186 valence electrons. The number of halogens is 1. The highest BCUT2D eigenvalue weighted by atomic mass is 35.5. The van der Waals surface area contributed by atoms with E-state index in [9.17, 15) is 4.79 Å². The van der Waals surface area contributed by atoms with Crippen LogP contribution in [0.3, 0.4) is 0 Å². The molecule has 1 heterocycles. The molecule has 0 unspecified atom stereocenters. The van der Waals surface area contributed by atoms with Crippen molar-refractivity contribution in [2.24, 2.45) is 5.41 Å². The number of carbonyl (C=O) groups is 1. The molecule has 0 fully saturated rings. The van der Waals surface area contributed by atoms with E-state index in [0.717, 1.165) is 40.2 Å². The average Bonchev–Trinajstić information content (AvgIpc) is 3.00. The first-order valence-electron chi connectivity index (χ1n) is 12.4. The number of hydrogen-bond acceptors (Lipinski definition) is 5. The molecule has 0 aromatic heterocycles. The highest BCUT2D eigenvalue weighted by molar-refractivity contribution is 6.30. The van der Waals surface area contributed by atoms with Crippen LogP contribution < -0.4 is 20.1 Å². The molecule has 6 heteroatoms. The predicted molar refractivity (Wildman–Crippen MR) is 145 cm³/mol. The smallest absolute Gasteiger partial charge is 0.163 e. The van der Waals surface area contributed by atoms with Crippen molar-refractivity contribution < 1.29 is 14.3 Å². The standard InChI is InChI=1S/C30H31ClN2O3/c1-4-35-27-15-20(11-14-26(27)36-18-19-9-12-21(31)13-10-19)29-28-24(16-30(2,3)17-25(28)34)32-22-7-5-6-8-23(22)33-29/h5-15,29,32-33H,4,16-18H2,1-3H3/t29-/m0/s1. The molecule has 1 aliphatic heterocycles. The number of anilines is 2. The first-order chi connectivity index (χ1) is 17.3. The Bertz CT molecular complexity index is 1310. The summed E-state index contributed by atoms with van der Waals surface area (Å²) in [6.07, 6.45) is 1.32. The predicted octanol–water partition coefficient (Wildman–Crippen LogP) is 7.54. The molecular weight excluding hydrogens is 472 g/mol. The molecule has 3 aromatic carbocycles. The summed E-state index contributed by atoms with van der Waals surface area (Å²) in [6.45, 7) is 7.15. The minimum atomic E-state index is -0.302. The number of fused-ring (bicyclic) bond motifs is 1. The first kappa shape index (κ1) is 24.3. The summed E-state index contributed by atoms with van der Waals surface area (Å²) in [4.78, 5) is 13.5. The number of para-hydroxylation sites is 2. The maximum absolute atomic E-state index is 13.5. The van der Waals surface area contributed by atoms with Crippen molar-refractivity contribution in [3.05, 3.63) is 94.1 Å². The fourth-order valence-corrected chi connectivity index (χ4v) is 5.10. The van der Waals surface area contributed by atoms with Crippen LogP contribution in [0, 0.1) is 5.41 Å². The molecule has 5 rings (SSSR count). The third kappa shape index (κ3) is 5.07. The first-order valence-corrected chi connectivity index (χ1v) is 12.7. The van der Waals surface area contributed by atoms with Gasteiger partial charge in [0, 0.05) is 22.7 Å². The summed E-state index contributed by atoms with van der Waals surface area (Å²) in [5, 5.41) is 7.90. The van der Waals surface area contributed by atoms with Crippen LogP contribution in [0.2, 0.25) is 5.02 Å². The van der Waals surface area contributed by atoms with Crippen LogP contribution in [0.4, 0.5) is 11.4 Å². The molecule has 0 saturated carbocycles. The number of ketones is 1. The van der Waals surface area contributed by atoms with Gasteiger partial charge in [-0.25, -0.2) is 0 Å². The molecular formula is C30H31ClN2O3. The van der Waals surface area contributed by atoms with E-state index in [0.29, 0.717) is 36.2 Å². The fraction of sp³-hybridized carbons (Fsp3) is 0.300. The fourth-order valence-electron chi connectivity index (χ4n) is 4.97. The number of carbonyl (C=O) groups excluding carboxylic acids is 1. The molecule has 3 aromatic rings. The Hall–Kier alpha value is -3.44. The maximum Gasteiger partial charge on any atom is 0.163 e. The van der Waals surface area contributed by atoms with Gasteiger partial charge in [0.25, 0.3) is 0 Å². The molecule has 36 heavy (non-hydrogen) atoms. The van der Waals surface area contributed by atoms with Crippen LogP contribution >= 0.6 is 11.6 Å². The van der Waals surface area contributed by atoms with E-state index in [1.54, 1.807) is 0 Å². The summed E-state index contributed by atoms with van der Waals surface area (Å²) >= 11 is 6.01. The van der Waals surface area contributed by atoms with E-state index in [-0.39, 0.29) is 17.2 Å². The van der Waals surface area contributed by atoms with Crippen molar-refractivity contribution in [1.82, 2.24) is 0 Å². The Labute approximate surface area is 217 Å². The van der Waals surface area contributed by atoms with Crippen LogP contribution in [0.1, 0.15) is 50.8 Å². The molecule has 0 radical (unpaired) electrons. The highest BCUT2D eigenvalue weighted by Gasteiger charge is 2.38. The van der Waals surface area contributed by atoms with Gasteiger partial charge in [0.15, 0.2) is 17.3 Å². The molecule has 0 saturated heterocycles. The van der Waals surface area contributed by atoms with Gasteiger partial charge in [0.05, 0.1) is 24.0 Å². The molecule has 0 amide bonds. The SMILES string of the molecule is CCOc1cc([C@@H]2Nc3ccccc3NC3=C2C(=O)CC(C)(C)C3)ccc1OCc1ccc(Cl)cc1. The van der Waals surface area contributed by atoms with Crippen LogP contribution in [0.5, 0.6) is 11.5 Å². The Kier molecular flexibility index (Phi) is 6.67. The van der Waals surface area contributed by atoms with Crippen LogP contribution in [0.15, 0.2) is 78.0 Å². The van der Waals surface area contributed by atoms with Gasteiger partial charge in [0.1, 0.15) is 6.61 Å². The molecule has 1 aliphatic carbocycles. The van der Waals surface area contributed by atoms with Crippen molar-refractivity contribution >= 4 is 28.8 Å². The van der Waals surface area contributed by atoms with E-state index in [1.165, 1.54) is 0 Å². The maximum atomic E-state index is 13.5. The summed E-state index contributed by atoms with van der Waals surface area (Å²) in [6, 6.07) is 21.3. The topological polar surface area (TPSA) is 59.6 Å². The van der Waals surface area contributed by atoms with Crippen LogP contribution in [-0.4, -0.2) is 12.4 Å². The number of nitrogens with one attached hydrogen (secondary N) is 2. The molecule has 1 atom stereocenters.